The zero-order valence-corrected chi connectivity index (χ0v) is 12.5. The number of nitrogens with zero attached hydrogens (tertiary/aromatic N) is 3. The summed E-state index contributed by atoms with van der Waals surface area (Å²) in [6.45, 7) is 2.40. The van der Waals surface area contributed by atoms with Gasteiger partial charge in [-0.25, -0.2) is 4.68 Å². The Bertz CT molecular complexity index is 627. The first-order valence-corrected chi connectivity index (χ1v) is 7.09. The van der Waals surface area contributed by atoms with Gasteiger partial charge in [0, 0.05) is 17.1 Å². The summed E-state index contributed by atoms with van der Waals surface area (Å²) in [5.41, 5.74) is 1.78. The maximum Gasteiger partial charge on any atom is 0.241 e. The largest absolute Gasteiger partial charge is 0.390 e. The Morgan fingerprint density at radius 2 is 2.29 bits per heavy atom. The summed E-state index contributed by atoms with van der Waals surface area (Å²) in [4.78, 5) is 11.8. The molecule has 112 valence electrons. The van der Waals surface area contributed by atoms with Crippen LogP contribution in [0.5, 0.6) is 0 Å². The third-order valence-corrected chi connectivity index (χ3v) is 3.15. The number of benzene rings is 1. The minimum Gasteiger partial charge on any atom is -0.390 e. The van der Waals surface area contributed by atoms with E-state index in [9.17, 15) is 9.90 Å². The van der Waals surface area contributed by atoms with Gasteiger partial charge in [0.15, 0.2) is 0 Å². The number of carbonyl (C=O) groups is 1. The minimum atomic E-state index is -0.252. The number of hydrogen-bond acceptors (Lipinski definition) is 4. The van der Waals surface area contributed by atoms with Gasteiger partial charge in [0.25, 0.3) is 0 Å². The van der Waals surface area contributed by atoms with Crippen LogP contribution in [0.15, 0.2) is 24.3 Å². The van der Waals surface area contributed by atoms with Crippen LogP contribution in [0.3, 0.4) is 0 Å². The number of hydrogen-bond donors (Lipinski definition) is 2. The highest BCUT2D eigenvalue weighted by molar-refractivity contribution is 6.30. The average Bonchev–Trinajstić information content (AvgIpc) is 2.87. The first-order valence-electron chi connectivity index (χ1n) is 6.71. The monoisotopic (exact) mass is 308 g/mol. The van der Waals surface area contributed by atoms with E-state index in [1.165, 1.54) is 4.68 Å². The Morgan fingerprint density at radius 1 is 1.48 bits per heavy atom. The molecule has 0 unspecified atom stereocenters. The van der Waals surface area contributed by atoms with E-state index in [1.54, 1.807) is 18.2 Å². The molecule has 0 radical (unpaired) electrons. The van der Waals surface area contributed by atoms with E-state index in [1.807, 2.05) is 13.0 Å². The van der Waals surface area contributed by atoms with Crippen molar-refractivity contribution >= 4 is 17.5 Å². The molecule has 0 fully saturated rings. The number of aromatic nitrogens is 3. The van der Waals surface area contributed by atoms with Crippen LogP contribution in [-0.4, -0.2) is 32.6 Å². The van der Waals surface area contributed by atoms with Gasteiger partial charge >= 0.3 is 0 Å². The molecule has 0 atom stereocenters. The normalized spacial score (nSPS) is 10.6. The number of rotatable bonds is 6. The maximum atomic E-state index is 11.8. The molecule has 2 aromatic rings. The summed E-state index contributed by atoms with van der Waals surface area (Å²) < 4.78 is 1.47. The summed E-state index contributed by atoms with van der Waals surface area (Å²) >= 11 is 5.99. The van der Waals surface area contributed by atoms with Crippen LogP contribution in [0, 0.1) is 0 Å². The van der Waals surface area contributed by atoms with Crippen molar-refractivity contribution in [3.63, 3.8) is 0 Å². The molecule has 0 aliphatic rings. The van der Waals surface area contributed by atoms with Gasteiger partial charge in [-0.05, 0) is 18.6 Å². The van der Waals surface area contributed by atoms with Crippen LogP contribution >= 0.6 is 11.6 Å². The van der Waals surface area contributed by atoms with Crippen LogP contribution < -0.4 is 5.32 Å². The van der Waals surface area contributed by atoms with Gasteiger partial charge in [0.05, 0.1) is 12.3 Å². The van der Waals surface area contributed by atoms with Crippen LogP contribution in [0.25, 0.3) is 11.3 Å². The molecule has 1 aromatic heterocycles. The molecule has 0 spiro atoms. The molecule has 0 saturated heterocycles. The molecule has 0 aliphatic carbocycles. The molecule has 2 N–H and O–H groups in total. The molecule has 0 saturated carbocycles. The lowest BCUT2D eigenvalue weighted by Gasteiger charge is -2.08. The fourth-order valence-electron chi connectivity index (χ4n) is 1.97. The summed E-state index contributed by atoms with van der Waals surface area (Å²) in [7, 11) is 0. The smallest absolute Gasteiger partial charge is 0.241 e. The average molecular weight is 309 g/mol. The first-order chi connectivity index (χ1) is 10.2. The second-order valence-corrected chi connectivity index (χ2v) is 5.00. The number of aliphatic hydroxyl groups is 1. The molecule has 0 bridgehead atoms. The summed E-state index contributed by atoms with van der Waals surface area (Å²) in [6, 6.07) is 7.14. The topological polar surface area (TPSA) is 80.0 Å². The summed E-state index contributed by atoms with van der Waals surface area (Å²) in [5, 5.41) is 20.6. The Morgan fingerprint density at radius 3 is 2.95 bits per heavy atom. The van der Waals surface area contributed by atoms with Crippen molar-refractivity contribution in [3.05, 3.63) is 35.0 Å². The molecule has 0 aliphatic heterocycles. The SMILES string of the molecule is CCCNC(=O)Cn1nnc(CO)c1-c1cccc(Cl)c1. The van der Waals surface area contributed by atoms with Crippen molar-refractivity contribution in [2.24, 2.45) is 0 Å². The standard InChI is InChI=1S/C14H17ClN4O2/c1-2-6-16-13(21)8-19-14(12(9-20)17-18-19)10-4-3-5-11(15)7-10/h3-5,7,20H,2,6,8-9H2,1H3,(H,16,21). The molecular formula is C14H17ClN4O2. The fraction of sp³-hybridized carbons (Fsp3) is 0.357. The van der Waals surface area contributed by atoms with E-state index in [4.69, 9.17) is 11.6 Å². The second-order valence-electron chi connectivity index (χ2n) is 4.56. The van der Waals surface area contributed by atoms with Crippen molar-refractivity contribution in [1.29, 1.82) is 0 Å². The van der Waals surface area contributed by atoms with E-state index in [0.717, 1.165) is 12.0 Å². The van der Waals surface area contributed by atoms with E-state index in [2.05, 4.69) is 15.6 Å². The molecule has 7 heteroatoms. The van der Waals surface area contributed by atoms with Gasteiger partial charge < -0.3 is 10.4 Å². The van der Waals surface area contributed by atoms with E-state index >= 15 is 0 Å². The number of nitrogens with one attached hydrogen (secondary N) is 1. The number of amides is 1. The molecular weight excluding hydrogens is 292 g/mol. The van der Waals surface area contributed by atoms with E-state index < -0.39 is 0 Å². The lowest BCUT2D eigenvalue weighted by atomic mass is 10.1. The lowest BCUT2D eigenvalue weighted by Crippen LogP contribution is -2.28. The minimum absolute atomic E-state index is 0.0504. The highest BCUT2D eigenvalue weighted by atomic mass is 35.5. The van der Waals surface area contributed by atoms with Gasteiger partial charge in [-0.15, -0.1) is 5.10 Å². The van der Waals surface area contributed by atoms with Gasteiger partial charge in [-0.3, -0.25) is 4.79 Å². The highest BCUT2D eigenvalue weighted by Crippen LogP contribution is 2.25. The molecule has 1 aromatic carbocycles. The molecule has 21 heavy (non-hydrogen) atoms. The molecule has 1 heterocycles. The Balaban J connectivity index is 2.31. The maximum absolute atomic E-state index is 11.8. The van der Waals surface area contributed by atoms with Crippen molar-refractivity contribution in [2.45, 2.75) is 26.5 Å². The quantitative estimate of drug-likeness (QED) is 0.850. The second kappa shape index (κ2) is 7.19. The number of aliphatic hydroxyl groups excluding tert-OH is 1. The Labute approximate surface area is 127 Å². The van der Waals surface area contributed by atoms with E-state index in [-0.39, 0.29) is 19.1 Å². The fourth-order valence-corrected chi connectivity index (χ4v) is 2.16. The zero-order chi connectivity index (χ0) is 15.2. The van der Waals surface area contributed by atoms with Crippen molar-refractivity contribution in [2.75, 3.05) is 6.54 Å². The van der Waals surface area contributed by atoms with Gasteiger partial charge in [0.2, 0.25) is 5.91 Å². The number of halogens is 1. The van der Waals surface area contributed by atoms with E-state index in [0.29, 0.717) is 23.0 Å². The zero-order valence-electron chi connectivity index (χ0n) is 11.7. The molecule has 1 amide bonds. The predicted molar refractivity (Wildman–Crippen MR) is 79.7 cm³/mol. The van der Waals surface area contributed by atoms with Crippen molar-refractivity contribution in [3.8, 4) is 11.3 Å². The Kier molecular flexibility index (Phi) is 5.30. The third-order valence-electron chi connectivity index (χ3n) is 2.92. The van der Waals surface area contributed by atoms with Gasteiger partial charge in [0.1, 0.15) is 12.2 Å². The predicted octanol–water partition coefficient (Wildman–Crippen LogP) is 1.62. The lowest BCUT2D eigenvalue weighted by molar-refractivity contribution is -0.121. The molecule has 2 rings (SSSR count). The summed E-state index contributed by atoms with van der Waals surface area (Å²) in [5.74, 6) is -0.144. The van der Waals surface area contributed by atoms with Crippen LogP contribution in [-0.2, 0) is 17.9 Å². The van der Waals surface area contributed by atoms with Crippen molar-refractivity contribution < 1.29 is 9.90 Å². The van der Waals surface area contributed by atoms with Crippen LogP contribution in [0.1, 0.15) is 19.0 Å². The first kappa shape index (κ1) is 15.5. The third kappa shape index (κ3) is 3.80. The van der Waals surface area contributed by atoms with Gasteiger partial charge in [-0.1, -0.05) is 35.9 Å². The highest BCUT2D eigenvalue weighted by Gasteiger charge is 2.16. The van der Waals surface area contributed by atoms with Gasteiger partial charge in [-0.2, -0.15) is 0 Å². The number of carbonyl (C=O) groups excluding carboxylic acids is 1. The Hall–Kier alpha value is -1.92. The van der Waals surface area contributed by atoms with Crippen LogP contribution in [0.2, 0.25) is 5.02 Å². The van der Waals surface area contributed by atoms with Crippen molar-refractivity contribution in [1.82, 2.24) is 20.3 Å². The van der Waals surface area contributed by atoms with Crippen LogP contribution in [0.4, 0.5) is 0 Å². The summed E-state index contributed by atoms with van der Waals surface area (Å²) in [6.07, 6.45) is 0.867. The molecule has 6 nitrogen and oxygen atoms in total.